The van der Waals surface area contributed by atoms with Gasteiger partial charge in [0.05, 0.1) is 5.41 Å². The van der Waals surface area contributed by atoms with Crippen molar-refractivity contribution in [2.45, 2.75) is 51.4 Å². The van der Waals surface area contributed by atoms with Gasteiger partial charge in [-0.2, -0.15) is 0 Å². The average Bonchev–Trinajstić information content (AvgIpc) is 2.71. The molecule has 0 aromatic rings. The molecule has 0 spiro atoms. The van der Waals surface area contributed by atoms with Gasteiger partial charge in [0, 0.05) is 12.8 Å². The van der Waals surface area contributed by atoms with Gasteiger partial charge in [-0.3, -0.25) is 9.59 Å². The van der Waals surface area contributed by atoms with E-state index in [4.69, 9.17) is 0 Å². The van der Waals surface area contributed by atoms with E-state index in [9.17, 15) is 14.7 Å². The summed E-state index contributed by atoms with van der Waals surface area (Å²) in [6.45, 7) is 0. The van der Waals surface area contributed by atoms with Gasteiger partial charge < -0.3 is 5.11 Å². The number of aliphatic carboxylic acids is 1. The Morgan fingerprint density at radius 2 is 1.63 bits per heavy atom. The number of rotatable bonds is 2. The first kappa shape index (κ1) is 11.9. The molecule has 1 N–H and O–H groups in total. The van der Waals surface area contributed by atoms with Crippen molar-refractivity contribution in [3.63, 3.8) is 0 Å². The Hall–Kier alpha value is -0.860. The van der Waals surface area contributed by atoms with E-state index >= 15 is 0 Å². The normalized spacial score (nSPS) is 51.8. The smallest absolute Gasteiger partial charge is 0.310 e. The molecule has 4 bridgehead atoms. The highest BCUT2D eigenvalue weighted by Crippen LogP contribution is 2.63. The van der Waals surface area contributed by atoms with Crippen molar-refractivity contribution in [1.29, 1.82) is 0 Å². The number of carboxylic acid groups (broad SMARTS) is 1. The van der Waals surface area contributed by atoms with Crippen LogP contribution in [0.3, 0.4) is 0 Å². The maximum absolute atomic E-state index is 11.9. The van der Waals surface area contributed by atoms with E-state index in [1.165, 1.54) is 32.1 Å². The van der Waals surface area contributed by atoms with Gasteiger partial charge in [-0.05, 0) is 68.1 Å². The Labute approximate surface area is 113 Å². The van der Waals surface area contributed by atoms with E-state index < -0.39 is 11.4 Å². The fourth-order valence-corrected chi connectivity index (χ4v) is 6.33. The third kappa shape index (κ3) is 1.56. The lowest BCUT2D eigenvalue weighted by Gasteiger charge is -2.58. The molecule has 0 heterocycles. The van der Waals surface area contributed by atoms with Crippen molar-refractivity contribution in [3.8, 4) is 0 Å². The number of Topliss-reactive ketones (excluding diaryl/α,β-unsaturated/α-hetero) is 1. The molecule has 0 aromatic heterocycles. The quantitative estimate of drug-likeness (QED) is 0.832. The van der Waals surface area contributed by atoms with Crippen LogP contribution in [0.25, 0.3) is 0 Å². The van der Waals surface area contributed by atoms with Crippen molar-refractivity contribution >= 4 is 11.8 Å². The van der Waals surface area contributed by atoms with Crippen molar-refractivity contribution in [1.82, 2.24) is 0 Å². The second kappa shape index (κ2) is 3.83. The Morgan fingerprint density at radius 1 is 1.05 bits per heavy atom. The number of hydrogen-bond donors (Lipinski definition) is 1. The predicted molar refractivity (Wildman–Crippen MR) is 69.5 cm³/mol. The summed E-state index contributed by atoms with van der Waals surface area (Å²) >= 11 is 0. The molecule has 3 nitrogen and oxygen atoms in total. The third-order valence-electron chi connectivity index (χ3n) is 6.65. The maximum atomic E-state index is 11.9. The fraction of sp³-hybridized carbons (Fsp3) is 0.875. The monoisotopic (exact) mass is 262 g/mol. The zero-order chi connectivity index (χ0) is 13.2. The Bertz CT molecular complexity index is 413. The molecular formula is C16H22O3. The van der Waals surface area contributed by atoms with Crippen LogP contribution in [-0.4, -0.2) is 16.9 Å². The minimum Gasteiger partial charge on any atom is -0.481 e. The minimum atomic E-state index is -0.695. The van der Waals surface area contributed by atoms with Crippen molar-refractivity contribution in [3.05, 3.63) is 0 Å². The zero-order valence-electron chi connectivity index (χ0n) is 11.3. The van der Waals surface area contributed by atoms with Crippen LogP contribution in [-0.2, 0) is 9.59 Å². The maximum Gasteiger partial charge on any atom is 0.310 e. The SMILES string of the molecule is O=C1CCC(C(=O)O)(C2C3CC4CC(C3)CC2C4)C1. The van der Waals surface area contributed by atoms with Crippen LogP contribution in [0.5, 0.6) is 0 Å². The third-order valence-corrected chi connectivity index (χ3v) is 6.65. The summed E-state index contributed by atoms with van der Waals surface area (Å²) in [5.74, 6) is 2.70. The molecule has 19 heavy (non-hydrogen) atoms. The van der Waals surface area contributed by atoms with Crippen LogP contribution in [0, 0.1) is 35.0 Å². The van der Waals surface area contributed by atoms with Crippen LogP contribution in [0.4, 0.5) is 0 Å². The first-order valence-corrected chi connectivity index (χ1v) is 7.83. The van der Waals surface area contributed by atoms with Gasteiger partial charge >= 0.3 is 5.97 Å². The largest absolute Gasteiger partial charge is 0.481 e. The summed E-state index contributed by atoms with van der Waals surface area (Å²) in [4.78, 5) is 23.7. The highest BCUT2D eigenvalue weighted by atomic mass is 16.4. The van der Waals surface area contributed by atoms with Gasteiger partial charge in [-0.15, -0.1) is 0 Å². The molecule has 5 aliphatic carbocycles. The molecule has 0 aromatic carbocycles. The van der Waals surface area contributed by atoms with Gasteiger partial charge in [0.1, 0.15) is 5.78 Å². The molecule has 0 aliphatic heterocycles. The second-order valence-corrected chi connectivity index (χ2v) is 7.63. The number of carboxylic acids is 1. The van der Waals surface area contributed by atoms with E-state index in [1.54, 1.807) is 0 Å². The van der Waals surface area contributed by atoms with Gasteiger partial charge in [0.2, 0.25) is 0 Å². The molecule has 3 heteroatoms. The number of ketones is 1. The Morgan fingerprint density at radius 3 is 2.05 bits per heavy atom. The average molecular weight is 262 g/mol. The summed E-state index contributed by atoms with van der Waals surface area (Å²) in [5, 5.41) is 9.81. The molecule has 104 valence electrons. The molecular weight excluding hydrogens is 240 g/mol. The van der Waals surface area contributed by atoms with Crippen LogP contribution in [0.1, 0.15) is 51.4 Å². The molecule has 0 amide bonds. The topological polar surface area (TPSA) is 54.4 Å². The first-order chi connectivity index (χ1) is 9.08. The van der Waals surface area contributed by atoms with E-state index in [0.717, 1.165) is 11.8 Å². The lowest BCUT2D eigenvalue weighted by molar-refractivity contribution is -0.167. The number of carbonyl (C=O) groups is 2. The van der Waals surface area contributed by atoms with E-state index in [2.05, 4.69) is 0 Å². The highest BCUT2D eigenvalue weighted by molar-refractivity contribution is 5.90. The Kier molecular flexibility index (Phi) is 2.40. The van der Waals surface area contributed by atoms with Crippen molar-refractivity contribution in [2.24, 2.45) is 35.0 Å². The Balaban J connectivity index is 1.70. The van der Waals surface area contributed by atoms with Crippen LogP contribution < -0.4 is 0 Å². The van der Waals surface area contributed by atoms with Gasteiger partial charge in [0.25, 0.3) is 0 Å². The summed E-state index contributed by atoms with van der Waals surface area (Å²) in [5.41, 5.74) is -0.695. The van der Waals surface area contributed by atoms with Gasteiger partial charge in [-0.25, -0.2) is 0 Å². The molecule has 5 aliphatic rings. The first-order valence-electron chi connectivity index (χ1n) is 7.83. The summed E-state index contributed by atoms with van der Waals surface area (Å²) in [6.07, 6.45) is 7.75. The van der Waals surface area contributed by atoms with Crippen molar-refractivity contribution < 1.29 is 14.7 Å². The van der Waals surface area contributed by atoms with E-state index in [1.807, 2.05) is 0 Å². The van der Waals surface area contributed by atoms with Gasteiger partial charge in [-0.1, -0.05) is 0 Å². The van der Waals surface area contributed by atoms with Crippen LogP contribution in [0.2, 0.25) is 0 Å². The van der Waals surface area contributed by atoms with Crippen LogP contribution in [0.15, 0.2) is 0 Å². The lowest BCUT2D eigenvalue weighted by atomic mass is 9.46. The summed E-state index contributed by atoms with van der Waals surface area (Å²) < 4.78 is 0. The van der Waals surface area contributed by atoms with E-state index in [0.29, 0.717) is 37.0 Å². The molecule has 0 radical (unpaired) electrons. The molecule has 5 rings (SSSR count). The molecule has 1 unspecified atom stereocenters. The van der Waals surface area contributed by atoms with Crippen molar-refractivity contribution in [2.75, 3.05) is 0 Å². The minimum absolute atomic E-state index is 0.177. The summed E-state index contributed by atoms with van der Waals surface area (Å²) in [6, 6.07) is 0. The lowest BCUT2D eigenvalue weighted by Crippen LogP contribution is -2.53. The number of hydrogen-bond acceptors (Lipinski definition) is 2. The van der Waals surface area contributed by atoms with Gasteiger partial charge in [0.15, 0.2) is 0 Å². The highest BCUT2D eigenvalue weighted by Gasteiger charge is 2.60. The molecule has 0 saturated heterocycles. The molecule has 5 saturated carbocycles. The standard InChI is InChI=1S/C16H22O3/c17-13-1-2-16(8-13,15(18)19)14-11-4-9-3-10(6-11)7-12(14)5-9/h9-12,14H,1-8H2,(H,18,19). The summed E-state index contributed by atoms with van der Waals surface area (Å²) in [7, 11) is 0. The molecule has 1 atom stereocenters. The fourth-order valence-electron chi connectivity index (χ4n) is 6.33. The van der Waals surface area contributed by atoms with E-state index in [-0.39, 0.29) is 5.78 Å². The predicted octanol–water partition coefficient (Wildman–Crippen LogP) is 2.88. The van der Waals surface area contributed by atoms with Crippen LogP contribution >= 0.6 is 0 Å². The molecule has 5 fully saturated rings. The number of carbonyl (C=O) groups excluding carboxylic acids is 1. The second-order valence-electron chi connectivity index (χ2n) is 7.63. The zero-order valence-corrected chi connectivity index (χ0v) is 11.3.